The van der Waals surface area contributed by atoms with Crippen molar-refractivity contribution in [3.05, 3.63) is 84.4 Å². The van der Waals surface area contributed by atoms with E-state index >= 15 is 0 Å². The molecule has 7 heteroatoms. The molecule has 0 radical (unpaired) electrons. The van der Waals surface area contributed by atoms with Gasteiger partial charge in [0.1, 0.15) is 0 Å². The molecular formula is C21H18N4O2S. The van der Waals surface area contributed by atoms with Gasteiger partial charge >= 0.3 is 0 Å². The van der Waals surface area contributed by atoms with Gasteiger partial charge in [-0.05, 0) is 48.9 Å². The van der Waals surface area contributed by atoms with Crippen molar-refractivity contribution in [1.82, 2.24) is 9.97 Å². The maximum atomic E-state index is 12.9. The molecule has 0 unspecified atom stereocenters. The highest BCUT2D eigenvalue weighted by molar-refractivity contribution is 7.92. The predicted octanol–water partition coefficient (Wildman–Crippen LogP) is 4.48. The molecule has 4 aromatic rings. The minimum absolute atomic E-state index is 0.143. The fourth-order valence-corrected chi connectivity index (χ4v) is 3.90. The van der Waals surface area contributed by atoms with Crippen LogP contribution in [0.15, 0.2) is 83.8 Å². The molecule has 0 aliphatic carbocycles. The van der Waals surface area contributed by atoms with Crippen LogP contribution in [0.25, 0.3) is 11.0 Å². The number of sulfonamides is 1. The van der Waals surface area contributed by atoms with Crippen LogP contribution in [-0.4, -0.2) is 18.4 Å². The molecule has 0 saturated heterocycles. The Labute approximate surface area is 163 Å². The third-order valence-corrected chi connectivity index (χ3v) is 5.47. The van der Waals surface area contributed by atoms with Gasteiger partial charge in [-0.3, -0.25) is 4.72 Å². The normalized spacial score (nSPS) is 11.3. The van der Waals surface area contributed by atoms with Crippen molar-refractivity contribution in [2.75, 3.05) is 10.0 Å². The molecule has 0 atom stereocenters. The van der Waals surface area contributed by atoms with Crippen LogP contribution >= 0.6 is 0 Å². The Morgan fingerprint density at radius 3 is 2.07 bits per heavy atom. The first-order valence-electron chi connectivity index (χ1n) is 8.70. The van der Waals surface area contributed by atoms with E-state index in [1.165, 1.54) is 0 Å². The van der Waals surface area contributed by atoms with E-state index in [-0.39, 0.29) is 10.7 Å². The summed E-state index contributed by atoms with van der Waals surface area (Å²) in [6, 6.07) is 23.4. The maximum Gasteiger partial charge on any atom is 0.263 e. The molecule has 1 heterocycles. The number of para-hydroxylation sites is 3. The van der Waals surface area contributed by atoms with E-state index in [2.05, 4.69) is 20.0 Å². The number of aromatic nitrogens is 2. The highest BCUT2D eigenvalue weighted by Gasteiger charge is 2.19. The Hall–Kier alpha value is -3.45. The second kappa shape index (κ2) is 7.28. The minimum atomic E-state index is -3.81. The molecule has 0 aliphatic heterocycles. The number of aryl methyl sites for hydroxylation is 1. The third-order valence-electron chi connectivity index (χ3n) is 4.14. The second-order valence-corrected chi connectivity index (χ2v) is 8.00. The lowest BCUT2D eigenvalue weighted by atomic mass is 10.2. The molecule has 0 bridgehead atoms. The molecule has 1 aromatic heterocycles. The highest BCUT2D eigenvalue weighted by Crippen LogP contribution is 2.27. The Morgan fingerprint density at radius 2 is 1.39 bits per heavy atom. The fraction of sp³-hybridized carbons (Fsp3) is 0.0476. The summed E-state index contributed by atoms with van der Waals surface area (Å²) in [6.45, 7) is 1.84. The van der Waals surface area contributed by atoms with E-state index in [0.29, 0.717) is 16.9 Å². The predicted molar refractivity (Wildman–Crippen MR) is 111 cm³/mol. The molecule has 140 valence electrons. The molecule has 28 heavy (non-hydrogen) atoms. The number of rotatable bonds is 5. The van der Waals surface area contributed by atoms with Gasteiger partial charge in [0.05, 0.1) is 15.9 Å². The lowest BCUT2D eigenvalue weighted by Gasteiger charge is -2.14. The van der Waals surface area contributed by atoms with Gasteiger partial charge < -0.3 is 5.32 Å². The van der Waals surface area contributed by atoms with Gasteiger partial charge in [0.25, 0.3) is 10.0 Å². The van der Waals surface area contributed by atoms with Crippen molar-refractivity contribution in [3.63, 3.8) is 0 Å². The summed E-state index contributed by atoms with van der Waals surface area (Å²) in [4.78, 5) is 9.23. The van der Waals surface area contributed by atoms with Gasteiger partial charge in [0.15, 0.2) is 11.6 Å². The minimum Gasteiger partial charge on any atom is -0.337 e. The molecule has 0 saturated carbocycles. The number of hydrogen-bond donors (Lipinski definition) is 2. The van der Waals surface area contributed by atoms with Crippen LogP contribution in [0.1, 0.15) is 5.56 Å². The van der Waals surface area contributed by atoms with Crippen molar-refractivity contribution in [3.8, 4) is 0 Å². The van der Waals surface area contributed by atoms with Crippen LogP contribution in [-0.2, 0) is 10.0 Å². The Bertz CT molecular complexity index is 1240. The van der Waals surface area contributed by atoms with Gasteiger partial charge in [0, 0.05) is 5.69 Å². The van der Waals surface area contributed by atoms with Crippen molar-refractivity contribution in [2.45, 2.75) is 11.8 Å². The van der Waals surface area contributed by atoms with Crippen LogP contribution in [0, 0.1) is 6.92 Å². The number of fused-ring (bicyclic) bond motifs is 1. The van der Waals surface area contributed by atoms with Crippen LogP contribution < -0.4 is 10.0 Å². The number of benzene rings is 3. The van der Waals surface area contributed by atoms with Gasteiger partial charge in [-0.1, -0.05) is 42.5 Å². The third kappa shape index (κ3) is 3.79. The highest BCUT2D eigenvalue weighted by atomic mass is 32.2. The molecule has 0 spiro atoms. The smallest absolute Gasteiger partial charge is 0.263 e. The first-order valence-corrected chi connectivity index (χ1v) is 10.2. The zero-order valence-corrected chi connectivity index (χ0v) is 15.9. The zero-order chi connectivity index (χ0) is 19.6. The van der Waals surface area contributed by atoms with Gasteiger partial charge in [0.2, 0.25) is 0 Å². The fourth-order valence-electron chi connectivity index (χ4n) is 2.79. The van der Waals surface area contributed by atoms with Gasteiger partial charge in [-0.15, -0.1) is 0 Å². The molecular weight excluding hydrogens is 372 g/mol. The van der Waals surface area contributed by atoms with Crippen LogP contribution in [0.5, 0.6) is 0 Å². The van der Waals surface area contributed by atoms with Gasteiger partial charge in [-0.25, -0.2) is 18.4 Å². The average molecular weight is 390 g/mol. The van der Waals surface area contributed by atoms with E-state index in [1.807, 2.05) is 61.5 Å². The van der Waals surface area contributed by atoms with E-state index < -0.39 is 10.0 Å². The molecule has 4 rings (SSSR count). The van der Waals surface area contributed by atoms with Crippen molar-refractivity contribution < 1.29 is 8.42 Å². The number of nitrogens with zero attached hydrogens (tertiary/aromatic N) is 2. The molecule has 6 nitrogen and oxygen atoms in total. The number of hydrogen-bond acceptors (Lipinski definition) is 5. The lowest BCUT2D eigenvalue weighted by molar-refractivity contribution is 0.601. The van der Waals surface area contributed by atoms with E-state index in [9.17, 15) is 8.42 Å². The van der Waals surface area contributed by atoms with Gasteiger partial charge in [-0.2, -0.15) is 0 Å². The first kappa shape index (κ1) is 17.9. The zero-order valence-electron chi connectivity index (χ0n) is 15.1. The quantitative estimate of drug-likeness (QED) is 0.525. The summed E-state index contributed by atoms with van der Waals surface area (Å²) in [6.07, 6.45) is 0. The average Bonchev–Trinajstić information content (AvgIpc) is 2.69. The first-order chi connectivity index (χ1) is 13.5. The standard InChI is InChI=1S/C21H18N4O2S/c1-15-8-7-11-17(14-15)28(26,27)25-21-20(22-16-9-3-2-4-10-16)23-18-12-5-6-13-19(18)24-21/h2-14H,1H3,(H,22,23)(H,24,25). The summed E-state index contributed by atoms with van der Waals surface area (Å²) < 4.78 is 28.4. The Balaban J connectivity index is 1.79. The molecule has 3 aromatic carbocycles. The molecule has 2 N–H and O–H groups in total. The summed E-state index contributed by atoms with van der Waals surface area (Å²) in [5.74, 6) is 0.477. The van der Waals surface area contributed by atoms with Crippen LogP contribution in [0.2, 0.25) is 0 Å². The summed E-state index contributed by atoms with van der Waals surface area (Å²) in [5.41, 5.74) is 2.90. The maximum absolute atomic E-state index is 12.9. The Morgan fingerprint density at radius 1 is 0.750 bits per heavy atom. The largest absolute Gasteiger partial charge is 0.337 e. The summed E-state index contributed by atoms with van der Waals surface area (Å²) in [5, 5.41) is 3.15. The number of nitrogens with one attached hydrogen (secondary N) is 2. The summed E-state index contributed by atoms with van der Waals surface area (Å²) in [7, 11) is -3.81. The van der Waals surface area contributed by atoms with Crippen LogP contribution in [0.3, 0.4) is 0 Å². The van der Waals surface area contributed by atoms with Crippen molar-refractivity contribution in [2.24, 2.45) is 0 Å². The topological polar surface area (TPSA) is 84.0 Å². The number of anilines is 3. The van der Waals surface area contributed by atoms with Crippen LogP contribution in [0.4, 0.5) is 17.3 Å². The van der Waals surface area contributed by atoms with E-state index in [1.54, 1.807) is 24.3 Å². The lowest BCUT2D eigenvalue weighted by Crippen LogP contribution is -2.16. The summed E-state index contributed by atoms with van der Waals surface area (Å²) >= 11 is 0. The second-order valence-electron chi connectivity index (χ2n) is 6.32. The molecule has 0 fully saturated rings. The van der Waals surface area contributed by atoms with Crippen molar-refractivity contribution >= 4 is 38.4 Å². The van der Waals surface area contributed by atoms with E-state index in [4.69, 9.17) is 0 Å². The SMILES string of the molecule is Cc1cccc(S(=O)(=O)Nc2nc3ccccc3nc2Nc2ccccc2)c1. The molecule has 0 amide bonds. The van der Waals surface area contributed by atoms with E-state index in [0.717, 1.165) is 11.3 Å². The monoisotopic (exact) mass is 390 g/mol. The Kier molecular flexibility index (Phi) is 4.67. The van der Waals surface area contributed by atoms with Crippen molar-refractivity contribution in [1.29, 1.82) is 0 Å². The molecule has 0 aliphatic rings.